The van der Waals surface area contributed by atoms with Gasteiger partial charge in [-0.3, -0.25) is 0 Å². The number of piperazine rings is 1. The largest absolute Gasteiger partial charge is 0.370 e. The van der Waals surface area contributed by atoms with Gasteiger partial charge in [-0.1, -0.05) is 0 Å². The third-order valence-corrected chi connectivity index (χ3v) is 2.89. The zero-order valence-electron chi connectivity index (χ0n) is 9.95. The Morgan fingerprint density at radius 2 is 2.18 bits per heavy atom. The number of hydrogen-bond donors (Lipinski definition) is 2. The molecule has 0 spiro atoms. The molecule has 0 bridgehead atoms. The van der Waals surface area contributed by atoms with Crippen LogP contribution in [-0.4, -0.2) is 49.2 Å². The maximum atomic E-state index is 12.6. The smallest absolute Gasteiger partial charge is 0.141 e. The highest BCUT2D eigenvalue weighted by molar-refractivity contribution is 5.33. The van der Waals surface area contributed by atoms with Crippen LogP contribution in [-0.2, 0) is 0 Å². The van der Waals surface area contributed by atoms with Gasteiger partial charge in [0.15, 0.2) is 0 Å². The normalized spacial score (nSPS) is 17.0. The molecule has 0 unspecified atom stereocenters. The first-order valence-electron chi connectivity index (χ1n) is 6.13. The standard InChI is InChI=1S/C12H19FN4/c13-11-2-3-12(16-10-11)15-4-1-7-17-8-5-14-6-9-17/h2-3,10,14H,1,4-9H2,(H,15,16). The van der Waals surface area contributed by atoms with Gasteiger partial charge in [-0.15, -0.1) is 0 Å². The Morgan fingerprint density at radius 3 is 2.88 bits per heavy atom. The molecule has 0 amide bonds. The van der Waals surface area contributed by atoms with Crippen LogP contribution in [0, 0.1) is 5.82 Å². The SMILES string of the molecule is Fc1ccc(NCCCN2CCNCC2)nc1. The molecule has 0 aromatic carbocycles. The summed E-state index contributed by atoms with van der Waals surface area (Å²) >= 11 is 0. The van der Waals surface area contributed by atoms with Crippen LogP contribution in [0.5, 0.6) is 0 Å². The highest BCUT2D eigenvalue weighted by atomic mass is 19.1. The average Bonchev–Trinajstić information content (AvgIpc) is 2.38. The minimum Gasteiger partial charge on any atom is -0.370 e. The number of anilines is 1. The van der Waals surface area contributed by atoms with Gasteiger partial charge in [-0.05, 0) is 25.1 Å². The maximum Gasteiger partial charge on any atom is 0.141 e. The first-order chi connectivity index (χ1) is 8.34. The highest BCUT2D eigenvalue weighted by Crippen LogP contribution is 2.03. The fourth-order valence-electron chi connectivity index (χ4n) is 1.93. The van der Waals surface area contributed by atoms with E-state index in [1.807, 2.05) is 0 Å². The van der Waals surface area contributed by atoms with Crippen LogP contribution in [0.3, 0.4) is 0 Å². The van der Waals surface area contributed by atoms with Crippen LogP contribution < -0.4 is 10.6 Å². The van der Waals surface area contributed by atoms with Gasteiger partial charge in [-0.2, -0.15) is 0 Å². The summed E-state index contributed by atoms with van der Waals surface area (Å²) in [5.41, 5.74) is 0. The number of halogens is 1. The van der Waals surface area contributed by atoms with Gasteiger partial charge in [0.05, 0.1) is 6.20 Å². The molecule has 4 nitrogen and oxygen atoms in total. The van der Waals surface area contributed by atoms with E-state index >= 15 is 0 Å². The van der Waals surface area contributed by atoms with Gasteiger partial charge in [0, 0.05) is 32.7 Å². The van der Waals surface area contributed by atoms with Crippen LogP contribution in [0.25, 0.3) is 0 Å². The van der Waals surface area contributed by atoms with Crippen LogP contribution in [0.15, 0.2) is 18.3 Å². The van der Waals surface area contributed by atoms with Crippen molar-refractivity contribution < 1.29 is 4.39 Å². The molecule has 0 atom stereocenters. The third-order valence-electron chi connectivity index (χ3n) is 2.89. The van der Waals surface area contributed by atoms with Crippen LogP contribution in [0.4, 0.5) is 10.2 Å². The first kappa shape index (κ1) is 12.3. The molecule has 1 aliphatic rings. The molecule has 94 valence electrons. The van der Waals surface area contributed by atoms with Crippen LogP contribution >= 0.6 is 0 Å². The van der Waals surface area contributed by atoms with E-state index in [0.717, 1.165) is 51.5 Å². The van der Waals surface area contributed by atoms with Crippen molar-refractivity contribution in [2.75, 3.05) is 44.6 Å². The van der Waals surface area contributed by atoms with Gasteiger partial charge in [-0.25, -0.2) is 9.37 Å². The zero-order valence-corrected chi connectivity index (χ0v) is 9.95. The Morgan fingerprint density at radius 1 is 1.35 bits per heavy atom. The van der Waals surface area contributed by atoms with Crippen molar-refractivity contribution in [3.8, 4) is 0 Å². The van der Waals surface area contributed by atoms with E-state index < -0.39 is 0 Å². The molecule has 0 aliphatic carbocycles. The van der Waals surface area contributed by atoms with Crippen molar-refractivity contribution >= 4 is 5.82 Å². The summed E-state index contributed by atoms with van der Waals surface area (Å²) < 4.78 is 12.6. The molecule has 1 aromatic rings. The van der Waals surface area contributed by atoms with Gasteiger partial charge in [0.2, 0.25) is 0 Å². The monoisotopic (exact) mass is 238 g/mol. The van der Waals surface area contributed by atoms with E-state index in [0.29, 0.717) is 0 Å². The molecule has 1 aliphatic heterocycles. The summed E-state index contributed by atoms with van der Waals surface area (Å²) in [4.78, 5) is 6.41. The Hall–Kier alpha value is -1.20. The Balaban J connectivity index is 1.60. The number of nitrogens with zero attached hydrogens (tertiary/aromatic N) is 2. The van der Waals surface area contributed by atoms with Gasteiger partial charge in [0.1, 0.15) is 11.6 Å². The molecule has 17 heavy (non-hydrogen) atoms. The number of rotatable bonds is 5. The predicted molar refractivity (Wildman–Crippen MR) is 66.6 cm³/mol. The number of aromatic nitrogens is 1. The molecule has 1 saturated heterocycles. The fourth-order valence-corrected chi connectivity index (χ4v) is 1.93. The molecule has 2 heterocycles. The summed E-state index contributed by atoms with van der Waals surface area (Å²) in [6, 6.07) is 3.09. The minimum atomic E-state index is -0.295. The Kier molecular flexibility index (Phi) is 4.70. The van der Waals surface area contributed by atoms with E-state index in [2.05, 4.69) is 20.5 Å². The summed E-state index contributed by atoms with van der Waals surface area (Å²) in [6.45, 7) is 6.43. The maximum absolute atomic E-state index is 12.6. The van der Waals surface area contributed by atoms with E-state index in [9.17, 15) is 4.39 Å². The predicted octanol–water partition coefficient (Wildman–Crippen LogP) is 0.928. The summed E-state index contributed by atoms with van der Waals surface area (Å²) in [5.74, 6) is 0.447. The van der Waals surface area contributed by atoms with Crippen molar-refractivity contribution in [1.82, 2.24) is 15.2 Å². The van der Waals surface area contributed by atoms with Crippen molar-refractivity contribution in [2.45, 2.75) is 6.42 Å². The lowest BCUT2D eigenvalue weighted by atomic mass is 10.3. The zero-order chi connectivity index (χ0) is 11.9. The summed E-state index contributed by atoms with van der Waals surface area (Å²) in [5, 5.41) is 6.52. The molecule has 1 aromatic heterocycles. The van der Waals surface area contributed by atoms with Crippen molar-refractivity contribution in [3.63, 3.8) is 0 Å². The molecule has 2 rings (SSSR count). The summed E-state index contributed by atoms with van der Waals surface area (Å²) in [6.07, 6.45) is 2.32. The highest BCUT2D eigenvalue weighted by Gasteiger charge is 2.07. The van der Waals surface area contributed by atoms with Gasteiger partial charge in [0.25, 0.3) is 0 Å². The van der Waals surface area contributed by atoms with Crippen molar-refractivity contribution in [3.05, 3.63) is 24.1 Å². The Bertz CT molecular complexity index is 322. The van der Waals surface area contributed by atoms with Crippen molar-refractivity contribution in [2.24, 2.45) is 0 Å². The number of pyridine rings is 1. The fraction of sp³-hybridized carbons (Fsp3) is 0.583. The molecule has 0 radical (unpaired) electrons. The second-order valence-electron chi connectivity index (χ2n) is 4.23. The van der Waals surface area contributed by atoms with E-state index in [4.69, 9.17) is 0 Å². The lowest BCUT2D eigenvalue weighted by Crippen LogP contribution is -2.44. The average molecular weight is 238 g/mol. The molecular formula is C12H19FN4. The second-order valence-corrected chi connectivity index (χ2v) is 4.23. The lowest BCUT2D eigenvalue weighted by Gasteiger charge is -2.27. The van der Waals surface area contributed by atoms with Crippen LogP contribution in [0.1, 0.15) is 6.42 Å². The van der Waals surface area contributed by atoms with Gasteiger partial charge >= 0.3 is 0 Å². The van der Waals surface area contributed by atoms with Crippen LogP contribution in [0.2, 0.25) is 0 Å². The van der Waals surface area contributed by atoms with E-state index in [1.165, 1.54) is 12.3 Å². The van der Waals surface area contributed by atoms with Crippen molar-refractivity contribution in [1.29, 1.82) is 0 Å². The number of hydrogen-bond acceptors (Lipinski definition) is 4. The lowest BCUT2D eigenvalue weighted by molar-refractivity contribution is 0.240. The Labute approximate surface area is 101 Å². The quantitative estimate of drug-likeness (QED) is 0.749. The molecule has 0 saturated carbocycles. The van der Waals surface area contributed by atoms with E-state index in [1.54, 1.807) is 6.07 Å². The third kappa shape index (κ3) is 4.28. The molecule has 2 N–H and O–H groups in total. The van der Waals surface area contributed by atoms with E-state index in [-0.39, 0.29) is 5.82 Å². The number of nitrogens with one attached hydrogen (secondary N) is 2. The second kappa shape index (κ2) is 6.51. The molecule has 5 heteroatoms. The molecular weight excluding hydrogens is 219 g/mol. The summed E-state index contributed by atoms with van der Waals surface area (Å²) in [7, 11) is 0. The topological polar surface area (TPSA) is 40.2 Å². The van der Waals surface area contributed by atoms with Gasteiger partial charge < -0.3 is 15.5 Å². The molecule has 1 fully saturated rings. The minimum absolute atomic E-state index is 0.295. The first-order valence-corrected chi connectivity index (χ1v) is 6.13.